The van der Waals surface area contributed by atoms with E-state index in [1.807, 2.05) is 4.90 Å². The maximum absolute atomic E-state index is 12.8. The molecule has 5 amide bonds. The van der Waals surface area contributed by atoms with Gasteiger partial charge < -0.3 is 9.80 Å². The molecule has 2 aliphatic rings. The second kappa shape index (κ2) is 8.54. The van der Waals surface area contributed by atoms with E-state index in [9.17, 15) is 29.3 Å². The van der Waals surface area contributed by atoms with E-state index in [1.54, 1.807) is 24.8 Å². The highest BCUT2D eigenvalue weighted by atomic mass is 16.6. The van der Waals surface area contributed by atoms with Crippen molar-refractivity contribution in [3.63, 3.8) is 0 Å². The molecule has 0 aliphatic carbocycles. The first-order chi connectivity index (χ1) is 14.6. The van der Waals surface area contributed by atoms with Crippen molar-refractivity contribution in [3.8, 4) is 0 Å². The number of imide groups is 2. The number of nitrogens with one attached hydrogen (secondary N) is 1. The van der Waals surface area contributed by atoms with Gasteiger partial charge in [-0.1, -0.05) is 0 Å². The number of anilines is 1. The lowest BCUT2D eigenvalue weighted by molar-refractivity contribution is -0.384. The molecule has 3 rings (SSSR count). The number of nitrogens with zero attached hydrogens (tertiary/aromatic N) is 4. The number of benzene rings is 1. The van der Waals surface area contributed by atoms with E-state index in [-0.39, 0.29) is 17.2 Å². The van der Waals surface area contributed by atoms with Gasteiger partial charge in [0.25, 0.3) is 17.5 Å². The molecule has 0 saturated carbocycles. The number of barbiturate groups is 1. The van der Waals surface area contributed by atoms with Crippen molar-refractivity contribution in [2.45, 2.75) is 26.8 Å². The third-order valence-electron chi connectivity index (χ3n) is 5.24. The maximum Gasteiger partial charge on any atom is 0.331 e. The smallest absolute Gasteiger partial charge is 0.331 e. The van der Waals surface area contributed by atoms with Gasteiger partial charge in [-0.3, -0.25) is 34.7 Å². The van der Waals surface area contributed by atoms with Crippen LogP contribution in [0.5, 0.6) is 0 Å². The fourth-order valence-electron chi connectivity index (χ4n) is 3.62. The van der Waals surface area contributed by atoms with Crippen LogP contribution in [0.2, 0.25) is 0 Å². The van der Waals surface area contributed by atoms with Gasteiger partial charge in [0.2, 0.25) is 5.91 Å². The molecule has 2 aliphatic heterocycles. The monoisotopic (exact) mass is 429 g/mol. The molecule has 0 aromatic heterocycles. The highest BCUT2D eigenvalue weighted by molar-refractivity contribution is 6.31. The van der Waals surface area contributed by atoms with Crippen molar-refractivity contribution < 1.29 is 24.1 Å². The van der Waals surface area contributed by atoms with Crippen LogP contribution in [0.25, 0.3) is 6.08 Å². The van der Waals surface area contributed by atoms with Crippen LogP contribution >= 0.6 is 0 Å². The SMILES string of the molecule is CC(=O)N1CCN(c2ccc([N+](=O)[O-])cc2/C=C2/C(=O)NC(=O)N(C(C)C)C2=O)CC1. The number of non-ortho nitro benzene ring substituents is 1. The highest BCUT2D eigenvalue weighted by Gasteiger charge is 2.37. The van der Waals surface area contributed by atoms with Crippen LogP contribution in [-0.2, 0) is 14.4 Å². The number of hydrogen-bond donors (Lipinski definition) is 1. The number of urea groups is 1. The summed E-state index contributed by atoms with van der Waals surface area (Å²) in [6, 6.07) is 2.91. The molecule has 2 fully saturated rings. The molecule has 0 unspecified atom stereocenters. The van der Waals surface area contributed by atoms with Crippen LogP contribution in [0.15, 0.2) is 23.8 Å². The van der Waals surface area contributed by atoms with Crippen LogP contribution in [0, 0.1) is 10.1 Å². The van der Waals surface area contributed by atoms with Crippen molar-refractivity contribution in [1.82, 2.24) is 15.1 Å². The van der Waals surface area contributed by atoms with Gasteiger partial charge in [0.05, 0.1) is 4.92 Å². The van der Waals surface area contributed by atoms with Crippen LogP contribution in [0.1, 0.15) is 26.3 Å². The fraction of sp³-hybridized carbons (Fsp3) is 0.400. The topological polar surface area (TPSA) is 133 Å². The van der Waals surface area contributed by atoms with Crippen molar-refractivity contribution in [2.24, 2.45) is 0 Å². The summed E-state index contributed by atoms with van der Waals surface area (Å²) in [5.41, 5.74) is 0.424. The van der Waals surface area contributed by atoms with Gasteiger partial charge in [-0.25, -0.2) is 4.79 Å². The summed E-state index contributed by atoms with van der Waals surface area (Å²) in [6.07, 6.45) is 1.28. The molecule has 0 radical (unpaired) electrons. The van der Waals surface area contributed by atoms with E-state index < -0.39 is 28.8 Å². The van der Waals surface area contributed by atoms with Gasteiger partial charge in [-0.05, 0) is 26.0 Å². The lowest BCUT2D eigenvalue weighted by atomic mass is 10.0. The van der Waals surface area contributed by atoms with Crippen LogP contribution in [0.4, 0.5) is 16.2 Å². The molecule has 0 spiro atoms. The molecular weight excluding hydrogens is 406 g/mol. The molecule has 1 aromatic rings. The molecule has 11 heteroatoms. The number of nitro groups is 1. The summed E-state index contributed by atoms with van der Waals surface area (Å²) in [7, 11) is 0. The molecular formula is C20H23N5O6. The van der Waals surface area contributed by atoms with E-state index in [0.29, 0.717) is 37.4 Å². The average Bonchev–Trinajstić information content (AvgIpc) is 2.70. The van der Waals surface area contributed by atoms with Gasteiger partial charge in [0.1, 0.15) is 5.57 Å². The first kappa shape index (κ1) is 21.9. The van der Waals surface area contributed by atoms with E-state index >= 15 is 0 Å². The van der Waals surface area contributed by atoms with E-state index in [0.717, 1.165) is 4.90 Å². The van der Waals surface area contributed by atoms with Gasteiger partial charge >= 0.3 is 6.03 Å². The average molecular weight is 429 g/mol. The third kappa shape index (κ3) is 4.39. The number of rotatable bonds is 4. The number of piperazine rings is 1. The van der Waals surface area contributed by atoms with Crippen molar-refractivity contribution in [2.75, 3.05) is 31.1 Å². The Morgan fingerprint density at radius 3 is 2.35 bits per heavy atom. The first-order valence-electron chi connectivity index (χ1n) is 9.79. The zero-order valence-corrected chi connectivity index (χ0v) is 17.5. The number of nitro benzene ring substituents is 1. The lowest BCUT2D eigenvalue weighted by Crippen LogP contribution is -2.56. The molecule has 0 bridgehead atoms. The van der Waals surface area contributed by atoms with Crippen molar-refractivity contribution in [1.29, 1.82) is 0 Å². The van der Waals surface area contributed by atoms with E-state index in [1.165, 1.54) is 25.1 Å². The maximum atomic E-state index is 12.8. The summed E-state index contributed by atoms with van der Waals surface area (Å²) in [5.74, 6) is -1.65. The summed E-state index contributed by atoms with van der Waals surface area (Å²) < 4.78 is 0. The predicted octanol–water partition coefficient (Wildman–Crippen LogP) is 1.13. The van der Waals surface area contributed by atoms with Crippen LogP contribution in [0.3, 0.4) is 0 Å². The summed E-state index contributed by atoms with van der Waals surface area (Å²) in [4.78, 5) is 64.1. The molecule has 2 saturated heterocycles. The standard InChI is InChI=1S/C20H23N5O6/c1-12(2)24-19(28)16(18(27)21-20(24)29)11-14-10-15(25(30)31)4-5-17(14)23-8-6-22(7-9-23)13(3)26/h4-5,10-12H,6-9H2,1-3H3,(H,21,27,29)/b16-11-. The molecule has 11 nitrogen and oxygen atoms in total. The molecule has 31 heavy (non-hydrogen) atoms. The Morgan fingerprint density at radius 2 is 1.81 bits per heavy atom. The zero-order valence-electron chi connectivity index (χ0n) is 17.5. The molecule has 0 atom stereocenters. The number of carbonyl (C=O) groups excluding carboxylic acids is 4. The Morgan fingerprint density at radius 1 is 1.16 bits per heavy atom. The van der Waals surface area contributed by atoms with Crippen molar-refractivity contribution >= 4 is 41.2 Å². The predicted molar refractivity (Wildman–Crippen MR) is 111 cm³/mol. The normalized spacial score (nSPS) is 18.6. The molecule has 1 N–H and O–H groups in total. The van der Waals surface area contributed by atoms with Crippen LogP contribution < -0.4 is 10.2 Å². The Balaban J connectivity index is 2.02. The molecule has 2 heterocycles. The van der Waals surface area contributed by atoms with Gasteiger partial charge in [0, 0.05) is 62.5 Å². The Hall–Kier alpha value is -3.76. The number of amides is 5. The minimum absolute atomic E-state index is 0.0337. The van der Waals surface area contributed by atoms with E-state index in [4.69, 9.17) is 0 Å². The second-order valence-electron chi connectivity index (χ2n) is 7.58. The minimum atomic E-state index is -0.856. The zero-order chi connectivity index (χ0) is 22.9. The van der Waals surface area contributed by atoms with Gasteiger partial charge in [-0.2, -0.15) is 0 Å². The van der Waals surface area contributed by atoms with E-state index in [2.05, 4.69) is 5.32 Å². The third-order valence-corrected chi connectivity index (χ3v) is 5.24. The number of carbonyl (C=O) groups is 4. The lowest BCUT2D eigenvalue weighted by Gasteiger charge is -2.36. The Kier molecular flexibility index (Phi) is 6.04. The second-order valence-corrected chi connectivity index (χ2v) is 7.58. The molecule has 164 valence electrons. The summed E-state index contributed by atoms with van der Waals surface area (Å²) in [5, 5.41) is 13.4. The quantitative estimate of drug-likeness (QED) is 0.328. The fourth-order valence-corrected chi connectivity index (χ4v) is 3.62. The minimum Gasteiger partial charge on any atom is -0.367 e. The number of hydrogen-bond acceptors (Lipinski definition) is 7. The first-order valence-corrected chi connectivity index (χ1v) is 9.79. The van der Waals surface area contributed by atoms with Gasteiger partial charge in [0.15, 0.2) is 0 Å². The van der Waals surface area contributed by atoms with Crippen molar-refractivity contribution in [3.05, 3.63) is 39.4 Å². The van der Waals surface area contributed by atoms with Crippen LogP contribution in [-0.4, -0.2) is 70.7 Å². The largest absolute Gasteiger partial charge is 0.367 e. The Bertz CT molecular complexity index is 994. The summed E-state index contributed by atoms with van der Waals surface area (Å²) in [6.45, 7) is 6.71. The van der Waals surface area contributed by atoms with Gasteiger partial charge in [-0.15, -0.1) is 0 Å². The highest BCUT2D eigenvalue weighted by Crippen LogP contribution is 2.29. The Labute approximate surface area is 178 Å². The molecule has 1 aromatic carbocycles. The summed E-state index contributed by atoms with van der Waals surface area (Å²) >= 11 is 0.